The second-order valence-electron chi connectivity index (χ2n) is 4.52. The molecule has 0 aliphatic heterocycles. The summed E-state index contributed by atoms with van der Waals surface area (Å²) >= 11 is 1.45. The fourth-order valence-corrected chi connectivity index (χ4v) is 1.46. The van der Waals surface area contributed by atoms with Crippen LogP contribution in [0.2, 0.25) is 0 Å². The van der Waals surface area contributed by atoms with E-state index in [9.17, 15) is 13.2 Å². The van der Waals surface area contributed by atoms with Crippen LogP contribution in [0, 0.1) is 11.2 Å². The molecule has 1 aromatic carbocycles. The van der Waals surface area contributed by atoms with E-state index in [0.717, 1.165) is 12.1 Å². The lowest BCUT2D eigenvalue weighted by molar-refractivity contribution is -0.137. The highest BCUT2D eigenvalue weighted by atomic mass is 32.2. The van der Waals surface area contributed by atoms with Crippen LogP contribution in [0.15, 0.2) is 24.3 Å². The highest BCUT2D eigenvalue weighted by Crippen LogP contribution is 2.29. The van der Waals surface area contributed by atoms with Crippen LogP contribution in [-0.4, -0.2) is 4.75 Å². The molecule has 0 unspecified atom stereocenters. The Morgan fingerprint density at radius 1 is 1.00 bits per heavy atom. The molecule has 0 aliphatic rings. The Hall–Kier alpha value is -1.08. The van der Waals surface area contributed by atoms with Crippen molar-refractivity contribution in [1.82, 2.24) is 0 Å². The number of thioether (sulfide) groups is 1. The van der Waals surface area contributed by atoms with E-state index in [4.69, 9.17) is 0 Å². The molecule has 0 aliphatic carbocycles. The summed E-state index contributed by atoms with van der Waals surface area (Å²) in [7, 11) is 0. The molecule has 0 saturated heterocycles. The lowest BCUT2D eigenvalue weighted by atomic mass is 10.1. The monoisotopic (exact) mass is 258 g/mol. The van der Waals surface area contributed by atoms with Gasteiger partial charge in [-0.05, 0) is 29.5 Å². The summed E-state index contributed by atoms with van der Waals surface area (Å²) in [5, 5.41) is 2.89. The van der Waals surface area contributed by atoms with E-state index in [2.05, 4.69) is 11.2 Å². The molecule has 1 aromatic rings. The summed E-state index contributed by atoms with van der Waals surface area (Å²) in [5.41, 5.74) is -0.0544. The SMILES string of the molecule is CC(C)(C)SC#Cc1ccc(C(F)(F)F)cc1. The summed E-state index contributed by atoms with van der Waals surface area (Å²) in [6.07, 6.45) is -4.29. The molecule has 0 amide bonds. The van der Waals surface area contributed by atoms with Crippen LogP contribution >= 0.6 is 11.8 Å². The molecule has 0 spiro atoms. The fourth-order valence-electron chi connectivity index (χ4n) is 0.980. The first-order valence-electron chi connectivity index (χ1n) is 5.05. The molecule has 17 heavy (non-hydrogen) atoms. The molecule has 0 aromatic heterocycles. The number of rotatable bonds is 0. The summed E-state index contributed by atoms with van der Waals surface area (Å²) in [4.78, 5) is 0. The first-order chi connectivity index (χ1) is 7.68. The van der Waals surface area contributed by atoms with Gasteiger partial charge < -0.3 is 0 Å². The van der Waals surface area contributed by atoms with Gasteiger partial charge in [0.15, 0.2) is 0 Å². The maximum atomic E-state index is 12.3. The fraction of sp³-hybridized carbons (Fsp3) is 0.385. The van der Waals surface area contributed by atoms with E-state index in [1.807, 2.05) is 20.8 Å². The van der Waals surface area contributed by atoms with Gasteiger partial charge >= 0.3 is 6.18 Å². The first kappa shape index (κ1) is 14.0. The molecule has 0 radical (unpaired) electrons. The zero-order chi connectivity index (χ0) is 13.1. The second kappa shape index (κ2) is 5.05. The van der Waals surface area contributed by atoms with E-state index in [0.29, 0.717) is 5.56 Å². The molecule has 0 bridgehead atoms. The highest BCUT2D eigenvalue weighted by molar-refractivity contribution is 8.05. The van der Waals surface area contributed by atoms with Crippen LogP contribution in [0.1, 0.15) is 31.9 Å². The molecule has 1 rings (SSSR count). The van der Waals surface area contributed by atoms with Crippen molar-refractivity contribution < 1.29 is 13.2 Å². The summed E-state index contributed by atoms with van der Waals surface area (Å²) in [6.45, 7) is 6.08. The predicted molar refractivity (Wildman–Crippen MR) is 65.7 cm³/mol. The van der Waals surface area contributed by atoms with Crippen LogP contribution in [0.5, 0.6) is 0 Å². The van der Waals surface area contributed by atoms with Crippen LogP contribution < -0.4 is 0 Å². The highest BCUT2D eigenvalue weighted by Gasteiger charge is 2.29. The lowest BCUT2D eigenvalue weighted by Gasteiger charge is -2.11. The Balaban J connectivity index is 2.76. The normalized spacial score (nSPS) is 11.9. The summed E-state index contributed by atoms with van der Waals surface area (Å²) in [5.74, 6) is 2.83. The van der Waals surface area contributed by atoms with Crippen molar-refractivity contribution in [3.05, 3.63) is 35.4 Å². The molecular weight excluding hydrogens is 245 g/mol. The molecule has 4 heteroatoms. The average Bonchev–Trinajstić information content (AvgIpc) is 2.15. The van der Waals surface area contributed by atoms with Gasteiger partial charge in [-0.1, -0.05) is 38.5 Å². The van der Waals surface area contributed by atoms with E-state index >= 15 is 0 Å². The van der Waals surface area contributed by atoms with Gasteiger partial charge in [0.2, 0.25) is 0 Å². The van der Waals surface area contributed by atoms with Gasteiger partial charge in [-0.15, -0.1) is 0 Å². The molecular formula is C13H13F3S. The Morgan fingerprint density at radius 3 is 1.94 bits per heavy atom. The molecule has 0 nitrogen and oxygen atoms in total. The third-order valence-electron chi connectivity index (χ3n) is 1.76. The minimum atomic E-state index is -4.29. The van der Waals surface area contributed by atoms with Crippen molar-refractivity contribution in [1.29, 1.82) is 0 Å². The topological polar surface area (TPSA) is 0 Å². The quantitative estimate of drug-likeness (QED) is 0.615. The van der Waals surface area contributed by atoms with Crippen LogP contribution in [0.3, 0.4) is 0 Å². The zero-order valence-corrected chi connectivity index (χ0v) is 10.7. The zero-order valence-electron chi connectivity index (χ0n) is 9.85. The van der Waals surface area contributed by atoms with Gasteiger partial charge in [0.05, 0.1) is 5.56 Å². The van der Waals surface area contributed by atoms with Crippen molar-refractivity contribution in [2.45, 2.75) is 31.7 Å². The average molecular weight is 258 g/mol. The maximum Gasteiger partial charge on any atom is 0.416 e. The van der Waals surface area contributed by atoms with Crippen LogP contribution in [0.4, 0.5) is 13.2 Å². The second-order valence-corrected chi connectivity index (χ2v) is 6.15. The Morgan fingerprint density at radius 2 is 1.53 bits per heavy atom. The minimum absolute atomic E-state index is 0.0267. The first-order valence-corrected chi connectivity index (χ1v) is 5.86. The van der Waals surface area contributed by atoms with Gasteiger partial charge in [-0.2, -0.15) is 13.2 Å². The van der Waals surface area contributed by atoms with Crippen molar-refractivity contribution >= 4 is 11.8 Å². The van der Waals surface area contributed by atoms with Crippen molar-refractivity contribution in [2.75, 3.05) is 0 Å². The number of hydrogen-bond donors (Lipinski definition) is 0. The standard InChI is InChI=1S/C13H13F3S/c1-12(2,3)17-9-8-10-4-6-11(7-5-10)13(14,15)16/h4-7H,1-3H3. The molecule has 0 heterocycles. The Labute approximate surface area is 104 Å². The number of alkyl halides is 3. The maximum absolute atomic E-state index is 12.3. The van der Waals surface area contributed by atoms with Gasteiger partial charge in [-0.3, -0.25) is 0 Å². The third kappa shape index (κ3) is 5.18. The summed E-state index contributed by atoms with van der Waals surface area (Å²) < 4.78 is 36.9. The van der Waals surface area contributed by atoms with Crippen LogP contribution in [-0.2, 0) is 6.18 Å². The van der Waals surface area contributed by atoms with Crippen molar-refractivity contribution in [2.24, 2.45) is 0 Å². The van der Waals surface area contributed by atoms with E-state index in [1.54, 1.807) is 0 Å². The van der Waals surface area contributed by atoms with Gasteiger partial charge in [0.1, 0.15) is 0 Å². The number of hydrogen-bond acceptors (Lipinski definition) is 1. The van der Waals surface area contributed by atoms with Crippen molar-refractivity contribution in [3.63, 3.8) is 0 Å². The smallest absolute Gasteiger partial charge is 0.166 e. The Kier molecular flexibility index (Phi) is 4.16. The van der Waals surface area contributed by atoms with E-state index in [-0.39, 0.29) is 4.75 Å². The van der Waals surface area contributed by atoms with Crippen molar-refractivity contribution in [3.8, 4) is 11.2 Å². The third-order valence-corrected chi connectivity index (χ3v) is 2.58. The molecule has 92 valence electrons. The van der Waals surface area contributed by atoms with E-state index < -0.39 is 11.7 Å². The molecule has 0 fully saturated rings. The molecule has 0 saturated carbocycles. The van der Waals surface area contributed by atoms with E-state index in [1.165, 1.54) is 23.9 Å². The molecule has 0 N–H and O–H groups in total. The lowest BCUT2D eigenvalue weighted by Crippen LogP contribution is -2.05. The Bertz CT molecular complexity index is 427. The largest absolute Gasteiger partial charge is 0.416 e. The minimum Gasteiger partial charge on any atom is -0.166 e. The number of benzene rings is 1. The number of halogens is 3. The summed E-state index contributed by atoms with van der Waals surface area (Å²) in [6, 6.07) is 4.87. The predicted octanol–water partition coefficient (Wildman–Crippen LogP) is 4.55. The van der Waals surface area contributed by atoms with Gasteiger partial charge in [-0.25, -0.2) is 0 Å². The van der Waals surface area contributed by atoms with Crippen LogP contribution in [0.25, 0.3) is 0 Å². The van der Waals surface area contributed by atoms with Gasteiger partial charge in [0.25, 0.3) is 0 Å². The van der Waals surface area contributed by atoms with Gasteiger partial charge in [0, 0.05) is 10.3 Å². The molecule has 0 atom stereocenters.